The van der Waals surface area contributed by atoms with Crippen LogP contribution < -0.4 is 0 Å². The Morgan fingerprint density at radius 3 is 2.10 bits per heavy atom. The molecule has 102 valence electrons. The number of thiocarbonyl (C=S) groups is 1. The zero-order chi connectivity index (χ0) is 14.7. The van der Waals surface area contributed by atoms with Gasteiger partial charge in [0.2, 0.25) is 0 Å². The Morgan fingerprint density at radius 1 is 1.00 bits per heavy atom. The fraction of sp³-hybridized carbons (Fsp3) is 0.0625. The molecule has 20 heavy (non-hydrogen) atoms. The lowest BCUT2D eigenvalue weighted by atomic mass is 10.1. The maximum atomic E-state index is 6.12. The van der Waals surface area contributed by atoms with Crippen molar-refractivity contribution in [1.29, 1.82) is 0 Å². The van der Waals surface area contributed by atoms with E-state index in [1.807, 2.05) is 43.3 Å². The van der Waals surface area contributed by atoms with Crippen molar-refractivity contribution < 1.29 is 0 Å². The van der Waals surface area contributed by atoms with E-state index in [0.29, 0.717) is 20.6 Å². The van der Waals surface area contributed by atoms with Crippen LogP contribution in [0.15, 0.2) is 42.5 Å². The van der Waals surface area contributed by atoms with E-state index in [9.17, 15) is 0 Å². The van der Waals surface area contributed by atoms with E-state index < -0.39 is 0 Å². The molecule has 2 aromatic rings. The molecule has 0 spiro atoms. The smallest absolute Gasteiger partial charge is 0.0508 e. The highest BCUT2D eigenvalue weighted by Gasteiger charge is 2.05. The van der Waals surface area contributed by atoms with Gasteiger partial charge in [-0.3, -0.25) is 0 Å². The average molecular weight is 342 g/mol. The summed E-state index contributed by atoms with van der Waals surface area (Å²) in [4.78, 5) is 0.729. The zero-order valence-corrected chi connectivity index (χ0v) is 13.7. The van der Waals surface area contributed by atoms with Gasteiger partial charge in [0.25, 0.3) is 0 Å². The summed E-state index contributed by atoms with van der Waals surface area (Å²) in [6.07, 6.45) is 3.63. The van der Waals surface area contributed by atoms with Crippen LogP contribution in [-0.4, -0.2) is 4.86 Å². The summed E-state index contributed by atoms with van der Waals surface area (Å²) in [7, 11) is 0. The third-order valence-corrected chi connectivity index (χ3v) is 4.00. The van der Waals surface area contributed by atoms with Gasteiger partial charge in [-0.05, 0) is 30.7 Å². The van der Waals surface area contributed by atoms with Crippen LogP contribution >= 0.6 is 47.0 Å². The molecule has 0 amide bonds. The first-order valence-corrected chi connectivity index (χ1v) is 7.45. The first-order chi connectivity index (χ1) is 9.47. The molecule has 2 rings (SSSR count). The number of aryl methyl sites for hydroxylation is 1. The van der Waals surface area contributed by atoms with Crippen molar-refractivity contribution in [3.8, 4) is 0 Å². The predicted octanol–water partition coefficient (Wildman–Crippen LogP) is 6.39. The fourth-order valence-corrected chi connectivity index (χ4v) is 2.83. The molecule has 0 aliphatic carbocycles. The van der Waals surface area contributed by atoms with Gasteiger partial charge in [0.05, 0.1) is 10.0 Å². The highest BCUT2D eigenvalue weighted by Crippen LogP contribution is 2.30. The van der Waals surface area contributed by atoms with Gasteiger partial charge in [0.15, 0.2) is 0 Å². The lowest BCUT2D eigenvalue weighted by Crippen LogP contribution is -1.92. The molecule has 0 aromatic heterocycles. The largest absolute Gasteiger partial charge is 0.0842 e. The Bertz CT molecular complexity index is 650. The van der Waals surface area contributed by atoms with E-state index in [2.05, 4.69) is 0 Å². The minimum Gasteiger partial charge on any atom is -0.0842 e. The lowest BCUT2D eigenvalue weighted by Gasteiger charge is -2.03. The second-order valence-electron chi connectivity index (χ2n) is 4.35. The highest BCUT2D eigenvalue weighted by atomic mass is 35.5. The Balaban J connectivity index is 2.25. The predicted molar refractivity (Wildman–Crippen MR) is 93.4 cm³/mol. The normalized spacial score (nSPS) is 11.0. The molecule has 2 aromatic carbocycles. The zero-order valence-electron chi connectivity index (χ0n) is 10.7. The number of benzene rings is 2. The molecule has 0 atom stereocenters. The lowest BCUT2D eigenvalue weighted by molar-refractivity contribution is 1.47. The molecule has 0 saturated carbocycles. The molecule has 4 heteroatoms. The summed E-state index contributed by atoms with van der Waals surface area (Å²) < 4.78 is 0. The van der Waals surface area contributed by atoms with E-state index in [1.165, 1.54) is 5.56 Å². The maximum Gasteiger partial charge on any atom is 0.0508 e. The summed E-state index contributed by atoms with van der Waals surface area (Å²) >= 11 is 23.5. The summed E-state index contributed by atoms with van der Waals surface area (Å²) in [6, 6.07) is 11.3. The molecule has 0 fully saturated rings. The summed E-state index contributed by atoms with van der Waals surface area (Å²) in [5.41, 5.74) is 2.90. The molecule has 0 nitrogen and oxygen atoms in total. The minimum absolute atomic E-state index is 0.505. The molecule has 0 aliphatic heterocycles. The highest BCUT2D eigenvalue weighted by molar-refractivity contribution is 7.81. The van der Waals surface area contributed by atoms with Crippen LogP contribution in [0.3, 0.4) is 0 Å². The van der Waals surface area contributed by atoms with E-state index in [-0.39, 0.29) is 0 Å². The van der Waals surface area contributed by atoms with Gasteiger partial charge >= 0.3 is 0 Å². The van der Waals surface area contributed by atoms with Crippen LogP contribution in [0.4, 0.5) is 0 Å². The molecule has 0 aliphatic rings. The van der Waals surface area contributed by atoms with Crippen LogP contribution in [0, 0.1) is 6.92 Å². The SMILES string of the molecule is Cc1ccc(C(=S)C=Cc2c(Cl)cc(Cl)cc2Cl)cc1. The van der Waals surface area contributed by atoms with Crippen molar-refractivity contribution in [3.63, 3.8) is 0 Å². The van der Waals surface area contributed by atoms with Gasteiger partial charge in [-0.1, -0.05) is 82.9 Å². The number of rotatable bonds is 3. The third-order valence-electron chi connectivity index (χ3n) is 2.78. The molecule has 0 radical (unpaired) electrons. The quantitative estimate of drug-likeness (QED) is 0.354. The number of halogens is 3. The van der Waals surface area contributed by atoms with Gasteiger partial charge in [-0.2, -0.15) is 0 Å². The Morgan fingerprint density at radius 2 is 1.55 bits per heavy atom. The molecule has 0 heterocycles. The van der Waals surface area contributed by atoms with Crippen LogP contribution in [0.25, 0.3) is 6.08 Å². The minimum atomic E-state index is 0.505. The van der Waals surface area contributed by atoms with Gasteiger partial charge in [0.1, 0.15) is 0 Å². The summed E-state index contributed by atoms with van der Waals surface area (Å²) in [5, 5.41) is 1.52. The Labute approximate surface area is 139 Å². The van der Waals surface area contributed by atoms with Crippen LogP contribution in [0.2, 0.25) is 15.1 Å². The maximum absolute atomic E-state index is 6.12. The number of hydrogen-bond donors (Lipinski definition) is 0. The van der Waals surface area contributed by atoms with E-state index >= 15 is 0 Å². The van der Waals surface area contributed by atoms with Crippen LogP contribution in [0.1, 0.15) is 16.7 Å². The number of hydrogen-bond acceptors (Lipinski definition) is 1. The van der Waals surface area contributed by atoms with Gasteiger partial charge in [-0.25, -0.2) is 0 Å². The van der Waals surface area contributed by atoms with E-state index in [1.54, 1.807) is 12.1 Å². The third kappa shape index (κ3) is 3.83. The van der Waals surface area contributed by atoms with Crippen molar-refractivity contribution in [3.05, 3.63) is 74.2 Å². The van der Waals surface area contributed by atoms with Crippen molar-refractivity contribution in [1.82, 2.24) is 0 Å². The van der Waals surface area contributed by atoms with E-state index in [4.69, 9.17) is 47.0 Å². The topological polar surface area (TPSA) is 0 Å². The van der Waals surface area contributed by atoms with Crippen molar-refractivity contribution >= 4 is 58.0 Å². The van der Waals surface area contributed by atoms with E-state index in [0.717, 1.165) is 10.4 Å². The monoisotopic (exact) mass is 340 g/mol. The molecule has 0 N–H and O–H groups in total. The summed E-state index contributed by atoms with van der Waals surface area (Å²) in [5.74, 6) is 0. The second-order valence-corrected chi connectivity index (χ2v) is 6.04. The molecule has 0 bridgehead atoms. The Kier molecular flexibility index (Phi) is 5.22. The van der Waals surface area contributed by atoms with Crippen LogP contribution in [0.5, 0.6) is 0 Å². The second kappa shape index (κ2) is 6.73. The van der Waals surface area contributed by atoms with Crippen molar-refractivity contribution in [2.24, 2.45) is 0 Å². The molecular formula is C16H11Cl3S. The molecule has 0 unspecified atom stereocenters. The van der Waals surface area contributed by atoms with Gasteiger partial charge < -0.3 is 0 Å². The first kappa shape index (κ1) is 15.5. The average Bonchev–Trinajstić information content (AvgIpc) is 2.38. The molecule has 0 saturated heterocycles. The van der Waals surface area contributed by atoms with Crippen molar-refractivity contribution in [2.45, 2.75) is 6.92 Å². The summed E-state index contributed by atoms with van der Waals surface area (Å²) in [6.45, 7) is 2.04. The first-order valence-electron chi connectivity index (χ1n) is 5.91. The standard InChI is InChI=1S/C16H11Cl3S/c1-10-2-4-11(5-3-10)16(20)7-6-13-14(18)8-12(17)9-15(13)19/h2-9H,1H3. The Hall–Kier alpha value is -0.860. The fourth-order valence-electron chi connectivity index (χ4n) is 1.69. The van der Waals surface area contributed by atoms with Crippen LogP contribution in [-0.2, 0) is 0 Å². The van der Waals surface area contributed by atoms with Crippen molar-refractivity contribution in [2.75, 3.05) is 0 Å². The van der Waals surface area contributed by atoms with Gasteiger partial charge in [0, 0.05) is 15.5 Å². The van der Waals surface area contributed by atoms with Gasteiger partial charge in [-0.15, -0.1) is 0 Å². The number of allylic oxidation sites excluding steroid dienone is 1. The molecular weight excluding hydrogens is 331 g/mol.